The van der Waals surface area contributed by atoms with Gasteiger partial charge in [0.1, 0.15) is 0 Å². The first-order valence-corrected chi connectivity index (χ1v) is 10.8. The van der Waals surface area contributed by atoms with E-state index in [4.69, 9.17) is 5.73 Å². The average molecular weight is 413 g/mol. The molecule has 0 radical (unpaired) electrons. The van der Waals surface area contributed by atoms with Crippen LogP contribution in [0.3, 0.4) is 0 Å². The first-order chi connectivity index (χ1) is 13.8. The third kappa shape index (κ3) is 5.52. The van der Waals surface area contributed by atoms with Crippen LogP contribution in [0, 0.1) is 5.92 Å². The highest BCUT2D eigenvalue weighted by Gasteiger charge is 2.30. The summed E-state index contributed by atoms with van der Waals surface area (Å²) in [6.07, 6.45) is 2.47. The molecule has 7 nitrogen and oxygen atoms in total. The number of rotatable bonds is 6. The van der Waals surface area contributed by atoms with Gasteiger partial charge in [0.05, 0.1) is 0 Å². The number of hydrogen-bond acceptors (Lipinski definition) is 4. The normalized spacial score (nSPS) is 16.0. The van der Waals surface area contributed by atoms with Crippen molar-refractivity contribution in [2.45, 2.75) is 12.8 Å². The van der Waals surface area contributed by atoms with Gasteiger partial charge >= 0.3 is 0 Å². The Bertz CT molecular complexity index is 994. The Balaban J connectivity index is 1.54. The first kappa shape index (κ1) is 20.8. The third-order valence-corrected chi connectivity index (χ3v) is 6.42. The molecule has 29 heavy (non-hydrogen) atoms. The van der Waals surface area contributed by atoms with Crippen molar-refractivity contribution in [2.75, 3.05) is 18.4 Å². The largest absolute Gasteiger partial charge is 0.366 e. The fraction of sp³-hybridized carbons (Fsp3) is 0.238. The zero-order valence-electron chi connectivity index (χ0n) is 15.8. The van der Waals surface area contributed by atoms with Crippen molar-refractivity contribution >= 4 is 33.6 Å². The molecule has 2 aromatic carbocycles. The summed E-state index contributed by atoms with van der Waals surface area (Å²) >= 11 is 0. The lowest BCUT2D eigenvalue weighted by Crippen LogP contribution is -2.40. The number of primary amides is 1. The number of anilines is 1. The summed E-state index contributed by atoms with van der Waals surface area (Å²) in [6.45, 7) is 0.584. The number of nitrogens with zero attached hydrogens (tertiary/aromatic N) is 1. The van der Waals surface area contributed by atoms with Gasteiger partial charge in [-0.15, -0.1) is 0 Å². The van der Waals surface area contributed by atoms with Gasteiger partial charge in [0, 0.05) is 35.7 Å². The lowest BCUT2D eigenvalue weighted by atomic mass is 9.97. The van der Waals surface area contributed by atoms with Crippen molar-refractivity contribution in [3.8, 4) is 0 Å². The van der Waals surface area contributed by atoms with Gasteiger partial charge in [0.2, 0.25) is 21.8 Å². The molecule has 1 heterocycles. The Labute approximate surface area is 170 Å². The molecule has 1 aliphatic heterocycles. The minimum atomic E-state index is -3.53. The number of nitrogens with two attached hydrogens (primary N) is 1. The number of benzene rings is 2. The quantitative estimate of drug-likeness (QED) is 0.758. The number of hydrogen-bond donors (Lipinski definition) is 2. The molecule has 8 heteroatoms. The molecule has 0 saturated carbocycles. The predicted molar refractivity (Wildman–Crippen MR) is 112 cm³/mol. The van der Waals surface area contributed by atoms with E-state index in [1.165, 1.54) is 9.71 Å². The van der Waals surface area contributed by atoms with Gasteiger partial charge < -0.3 is 11.1 Å². The van der Waals surface area contributed by atoms with Crippen LogP contribution in [0.4, 0.5) is 5.69 Å². The Morgan fingerprint density at radius 2 is 1.62 bits per heavy atom. The molecule has 0 bridgehead atoms. The summed E-state index contributed by atoms with van der Waals surface area (Å²) in [5, 5.41) is 4.02. The maximum Gasteiger partial charge on any atom is 0.248 e. The van der Waals surface area contributed by atoms with Gasteiger partial charge in [-0.1, -0.05) is 30.3 Å². The minimum absolute atomic E-state index is 0.159. The van der Waals surface area contributed by atoms with Gasteiger partial charge in [-0.2, -0.15) is 4.31 Å². The van der Waals surface area contributed by atoms with E-state index in [0.717, 1.165) is 5.56 Å². The molecule has 0 unspecified atom stereocenters. The van der Waals surface area contributed by atoms with Crippen molar-refractivity contribution in [1.82, 2.24) is 4.31 Å². The highest BCUT2D eigenvalue weighted by molar-refractivity contribution is 7.92. The van der Waals surface area contributed by atoms with Crippen molar-refractivity contribution in [3.63, 3.8) is 0 Å². The van der Waals surface area contributed by atoms with E-state index in [2.05, 4.69) is 5.32 Å². The van der Waals surface area contributed by atoms with Crippen LogP contribution < -0.4 is 11.1 Å². The van der Waals surface area contributed by atoms with Crippen molar-refractivity contribution in [1.29, 1.82) is 0 Å². The number of carbonyl (C=O) groups excluding carboxylic acids is 2. The lowest BCUT2D eigenvalue weighted by Gasteiger charge is -2.29. The van der Waals surface area contributed by atoms with Gasteiger partial charge in [-0.05, 0) is 48.7 Å². The van der Waals surface area contributed by atoms with E-state index < -0.39 is 15.9 Å². The van der Waals surface area contributed by atoms with Crippen LogP contribution in [0.1, 0.15) is 28.8 Å². The lowest BCUT2D eigenvalue weighted by molar-refractivity contribution is -0.120. The number of piperidine rings is 1. The average Bonchev–Trinajstić information content (AvgIpc) is 2.73. The summed E-state index contributed by atoms with van der Waals surface area (Å²) in [4.78, 5) is 23.6. The maximum atomic E-state index is 12.5. The topological polar surface area (TPSA) is 110 Å². The summed E-state index contributed by atoms with van der Waals surface area (Å²) in [5.74, 6) is -0.957. The van der Waals surface area contributed by atoms with E-state index in [-0.39, 0.29) is 11.8 Å². The van der Waals surface area contributed by atoms with Crippen LogP contribution in [0.5, 0.6) is 0 Å². The highest BCUT2D eigenvalue weighted by atomic mass is 32.2. The second-order valence-electron chi connectivity index (χ2n) is 6.86. The molecular weight excluding hydrogens is 390 g/mol. The van der Waals surface area contributed by atoms with Crippen molar-refractivity contribution in [2.24, 2.45) is 11.7 Å². The smallest absolute Gasteiger partial charge is 0.248 e. The number of sulfonamides is 1. The predicted octanol–water partition coefficient (Wildman–Crippen LogP) is 2.44. The van der Waals surface area contributed by atoms with E-state index >= 15 is 0 Å². The molecule has 3 N–H and O–H groups in total. The molecular formula is C21H23N3O4S. The van der Waals surface area contributed by atoms with Gasteiger partial charge in [-0.25, -0.2) is 8.42 Å². The van der Waals surface area contributed by atoms with Crippen LogP contribution in [-0.4, -0.2) is 37.6 Å². The fourth-order valence-corrected chi connectivity index (χ4v) is 4.37. The van der Waals surface area contributed by atoms with E-state index in [1.54, 1.807) is 30.3 Å². The Hall–Kier alpha value is -2.97. The fourth-order valence-electron chi connectivity index (χ4n) is 3.15. The van der Waals surface area contributed by atoms with E-state index in [9.17, 15) is 18.0 Å². The zero-order chi connectivity index (χ0) is 20.9. The molecule has 3 rings (SSSR count). The Kier molecular flexibility index (Phi) is 6.46. The monoisotopic (exact) mass is 413 g/mol. The first-order valence-electron chi connectivity index (χ1n) is 9.29. The molecule has 2 amide bonds. The van der Waals surface area contributed by atoms with Crippen LogP contribution in [0.2, 0.25) is 0 Å². The van der Waals surface area contributed by atoms with Crippen LogP contribution in [0.25, 0.3) is 6.08 Å². The second-order valence-corrected chi connectivity index (χ2v) is 8.68. The Morgan fingerprint density at radius 3 is 2.21 bits per heavy atom. The zero-order valence-corrected chi connectivity index (χ0v) is 16.6. The molecule has 1 fully saturated rings. The molecule has 1 saturated heterocycles. The molecule has 0 spiro atoms. The summed E-state index contributed by atoms with van der Waals surface area (Å²) < 4.78 is 26.4. The molecule has 2 aromatic rings. The summed E-state index contributed by atoms with van der Waals surface area (Å²) in [5.41, 5.74) is 6.95. The standard InChI is InChI=1S/C21H23N3O4S/c22-20(25)17-6-8-19(9-7-17)23-21(26)18-10-13-24(14-11-18)29(27,28)15-12-16-4-2-1-3-5-16/h1-9,12,15,18H,10-11,13-14H2,(H2,22,25)(H,23,26). The minimum Gasteiger partial charge on any atom is -0.366 e. The third-order valence-electron chi connectivity index (χ3n) is 4.85. The van der Waals surface area contributed by atoms with Crippen molar-refractivity contribution in [3.05, 3.63) is 71.1 Å². The molecule has 0 aliphatic carbocycles. The van der Waals surface area contributed by atoms with Crippen LogP contribution >= 0.6 is 0 Å². The molecule has 1 aliphatic rings. The van der Waals surface area contributed by atoms with Crippen LogP contribution in [-0.2, 0) is 14.8 Å². The van der Waals surface area contributed by atoms with Gasteiger partial charge in [0.25, 0.3) is 0 Å². The SMILES string of the molecule is NC(=O)c1ccc(NC(=O)C2CCN(S(=O)(=O)C=Cc3ccccc3)CC2)cc1. The molecule has 0 aromatic heterocycles. The maximum absolute atomic E-state index is 12.5. The molecule has 0 atom stereocenters. The van der Waals surface area contributed by atoms with Gasteiger partial charge in [0.15, 0.2) is 0 Å². The summed E-state index contributed by atoms with van der Waals surface area (Å²) in [6, 6.07) is 15.6. The summed E-state index contributed by atoms with van der Waals surface area (Å²) in [7, 11) is -3.53. The second kappa shape index (κ2) is 9.02. The molecule has 152 valence electrons. The number of carbonyl (C=O) groups is 2. The number of nitrogens with one attached hydrogen (secondary N) is 1. The van der Waals surface area contributed by atoms with Crippen molar-refractivity contribution < 1.29 is 18.0 Å². The Morgan fingerprint density at radius 1 is 1.00 bits per heavy atom. The highest BCUT2D eigenvalue weighted by Crippen LogP contribution is 2.22. The van der Waals surface area contributed by atoms with E-state index in [0.29, 0.717) is 37.2 Å². The van der Waals surface area contributed by atoms with Gasteiger partial charge in [-0.3, -0.25) is 9.59 Å². The number of amides is 2. The van der Waals surface area contributed by atoms with E-state index in [1.807, 2.05) is 30.3 Å². The van der Waals surface area contributed by atoms with Crippen LogP contribution in [0.15, 0.2) is 60.0 Å².